The van der Waals surface area contributed by atoms with Gasteiger partial charge in [0.15, 0.2) is 23.0 Å². The number of piperazine rings is 1. The number of ketones is 2. The zero-order chi connectivity index (χ0) is 35.1. The number of amides is 1. The molecule has 6 atom stereocenters. The molecule has 3 unspecified atom stereocenters. The number of nitrogens with zero attached hydrogens (tertiary/aromatic N) is 4. The number of rotatable bonds is 9. The summed E-state index contributed by atoms with van der Waals surface area (Å²) in [7, 11) is 4.80. The first-order chi connectivity index (χ1) is 23.5. The van der Waals surface area contributed by atoms with E-state index in [1.807, 2.05) is 55.3 Å². The third-order valence-electron chi connectivity index (χ3n) is 10.2. The fraction of sp³-hybridized carbons (Fsp3) is 0.417. The molecule has 1 amide bonds. The Balaban J connectivity index is 1.36. The highest BCUT2D eigenvalue weighted by Gasteiger charge is 2.57. The Morgan fingerprint density at radius 1 is 1.16 bits per heavy atom. The van der Waals surface area contributed by atoms with Crippen molar-refractivity contribution in [2.75, 3.05) is 32.5 Å². The van der Waals surface area contributed by atoms with Gasteiger partial charge in [-0.2, -0.15) is 5.26 Å². The van der Waals surface area contributed by atoms with Crippen LogP contribution in [-0.4, -0.2) is 95.9 Å². The molecule has 0 aromatic heterocycles. The van der Waals surface area contributed by atoms with Crippen molar-refractivity contribution in [3.8, 4) is 17.6 Å². The molecule has 6 rings (SSSR count). The number of para-hydroxylation sites is 1. The van der Waals surface area contributed by atoms with Gasteiger partial charge in [0.25, 0.3) is 0 Å². The number of hydrogen-bond acceptors (Lipinski definition) is 12. The van der Waals surface area contributed by atoms with E-state index < -0.39 is 36.0 Å². The molecule has 2 aromatic carbocycles. The summed E-state index contributed by atoms with van der Waals surface area (Å²) >= 11 is 1.23. The van der Waals surface area contributed by atoms with E-state index in [0.29, 0.717) is 23.3 Å². The number of phenols is 1. The van der Waals surface area contributed by atoms with E-state index in [0.717, 1.165) is 16.8 Å². The van der Waals surface area contributed by atoms with Gasteiger partial charge in [-0.3, -0.25) is 29.2 Å². The number of fused-ring (bicyclic) bond motifs is 6. The van der Waals surface area contributed by atoms with Gasteiger partial charge in [0.05, 0.1) is 37.9 Å². The van der Waals surface area contributed by atoms with E-state index in [1.54, 1.807) is 19.4 Å². The fourth-order valence-electron chi connectivity index (χ4n) is 7.95. The largest absolute Gasteiger partial charge is 0.504 e. The molecule has 4 aliphatic rings. The van der Waals surface area contributed by atoms with Crippen molar-refractivity contribution in [2.45, 2.75) is 69.9 Å². The number of allylic oxidation sites excluding steroid dienone is 2. The number of likely N-dealkylation sites (N-methyl/N-ethyl adjacent to an activating group) is 1. The molecule has 0 radical (unpaired) electrons. The van der Waals surface area contributed by atoms with E-state index >= 15 is 0 Å². The van der Waals surface area contributed by atoms with E-state index in [4.69, 9.17) is 9.47 Å². The van der Waals surface area contributed by atoms with Crippen molar-refractivity contribution in [3.05, 3.63) is 75.6 Å². The number of methoxy groups -OCH3 is 2. The van der Waals surface area contributed by atoms with Gasteiger partial charge in [-0.05, 0) is 75.9 Å². The molecule has 256 valence electrons. The highest BCUT2D eigenvalue weighted by atomic mass is 32.2. The molecule has 12 nitrogen and oxygen atoms in total. The summed E-state index contributed by atoms with van der Waals surface area (Å²) in [5.74, 6) is -0.738. The van der Waals surface area contributed by atoms with Crippen molar-refractivity contribution in [3.63, 3.8) is 0 Å². The van der Waals surface area contributed by atoms with Gasteiger partial charge in [0.2, 0.25) is 11.7 Å². The van der Waals surface area contributed by atoms with Crippen LogP contribution in [0.25, 0.3) is 0 Å². The van der Waals surface area contributed by atoms with Crippen LogP contribution in [0.1, 0.15) is 43.0 Å². The SMILES string of the molecule is COC1=C(C)C(=O)C2=C(C1=O)C(CNC(=O)C(C)N=CSNc1ccccc1)N1C(C2)[C@H]2c3c(cc(C)c(OC)c3O)C[C@@H]([C@@H]1C#N)N2C. The summed E-state index contributed by atoms with van der Waals surface area (Å²) in [6, 6.07) is 10.6. The number of anilines is 1. The molecule has 2 bridgehead atoms. The molecule has 1 fully saturated rings. The summed E-state index contributed by atoms with van der Waals surface area (Å²) in [6.45, 7) is 5.07. The highest BCUT2D eigenvalue weighted by molar-refractivity contribution is 8.13. The minimum absolute atomic E-state index is 0.0305. The van der Waals surface area contributed by atoms with Crippen LogP contribution in [0, 0.1) is 18.3 Å². The molecule has 0 saturated carbocycles. The van der Waals surface area contributed by atoms with Crippen LogP contribution in [-0.2, 0) is 25.5 Å². The fourth-order valence-corrected chi connectivity index (χ4v) is 8.51. The van der Waals surface area contributed by atoms with E-state index in [1.165, 1.54) is 26.2 Å². The molecule has 3 aliphatic heterocycles. The van der Waals surface area contributed by atoms with Crippen molar-refractivity contribution in [2.24, 2.45) is 4.99 Å². The van der Waals surface area contributed by atoms with Crippen LogP contribution in [0.3, 0.4) is 0 Å². The Labute approximate surface area is 290 Å². The number of Topliss-reactive ketones (excluding diaryl/α,β-unsaturated/α-hetero) is 2. The molecule has 1 saturated heterocycles. The third-order valence-corrected chi connectivity index (χ3v) is 10.8. The lowest BCUT2D eigenvalue weighted by molar-refractivity contribution is -0.125. The van der Waals surface area contributed by atoms with E-state index in [2.05, 4.69) is 26.0 Å². The van der Waals surface area contributed by atoms with Gasteiger partial charge in [-0.1, -0.05) is 24.3 Å². The molecule has 2 aromatic rings. The Morgan fingerprint density at radius 3 is 2.57 bits per heavy atom. The maximum absolute atomic E-state index is 14.1. The van der Waals surface area contributed by atoms with Crippen molar-refractivity contribution in [1.29, 1.82) is 5.26 Å². The second-order valence-corrected chi connectivity index (χ2v) is 13.5. The molecular formula is C36H40N6O6S. The summed E-state index contributed by atoms with van der Waals surface area (Å²) in [4.78, 5) is 49.8. The molecular weight excluding hydrogens is 644 g/mol. The monoisotopic (exact) mass is 684 g/mol. The summed E-state index contributed by atoms with van der Waals surface area (Å²) < 4.78 is 14.2. The Bertz CT molecular complexity index is 1830. The van der Waals surface area contributed by atoms with Crippen LogP contribution in [0.2, 0.25) is 0 Å². The van der Waals surface area contributed by atoms with E-state index in [9.17, 15) is 24.8 Å². The molecule has 13 heteroatoms. The minimum atomic E-state index is -0.822. The average Bonchev–Trinajstić information content (AvgIpc) is 3.09. The Kier molecular flexibility index (Phi) is 9.57. The normalized spacial score (nSPS) is 25.7. The smallest absolute Gasteiger partial charge is 0.244 e. The van der Waals surface area contributed by atoms with Crippen LogP contribution < -0.4 is 14.8 Å². The Hall–Kier alpha value is -4.64. The van der Waals surface area contributed by atoms with Crippen LogP contribution in [0.15, 0.2) is 63.9 Å². The molecule has 0 spiro atoms. The van der Waals surface area contributed by atoms with E-state index in [-0.39, 0.29) is 53.4 Å². The highest BCUT2D eigenvalue weighted by Crippen LogP contribution is 2.53. The van der Waals surface area contributed by atoms with Gasteiger partial charge in [-0.25, -0.2) is 0 Å². The van der Waals surface area contributed by atoms with Gasteiger partial charge in [0.1, 0.15) is 12.1 Å². The number of nitriles is 1. The summed E-state index contributed by atoms with van der Waals surface area (Å²) in [6.07, 6.45) is 0.642. The standard InChI is InChI=1S/C36H40N6O6S/c1-18-12-21-13-24-26(15-37)42-25(30(41(24)4)28(21)32(44)34(18)47-5)14-23-29(33(45)35(48-6)19(2)31(23)43)27(42)16-38-36(46)20(3)39-17-49-40-22-10-8-7-9-11-22/h7-12,17,20,24-27,30,40,44H,13-14,16H2,1-6H3,(H,38,46)/t20?,24-,25?,26-,27?,30-/m0/s1. The maximum Gasteiger partial charge on any atom is 0.244 e. The third kappa shape index (κ3) is 5.77. The van der Waals surface area contributed by atoms with Gasteiger partial charge < -0.3 is 24.6 Å². The van der Waals surface area contributed by atoms with Crippen LogP contribution >= 0.6 is 11.9 Å². The van der Waals surface area contributed by atoms with Crippen molar-refractivity contribution < 1.29 is 29.0 Å². The number of aromatic hydroxyl groups is 1. The first-order valence-corrected chi connectivity index (χ1v) is 17.0. The molecule has 1 aliphatic carbocycles. The molecule has 3 N–H and O–H groups in total. The second kappa shape index (κ2) is 13.7. The maximum atomic E-state index is 14.1. The average molecular weight is 685 g/mol. The number of aryl methyl sites for hydroxylation is 1. The summed E-state index contributed by atoms with van der Waals surface area (Å²) in [5.41, 5.74) is 5.63. The first-order valence-electron chi connectivity index (χ1n) is 16.2. The predicted molar refractivity (Wildman–Crippen MR) is 186 cm³/mol. The van der Waals surface area contributed by atoms with Gasteiger partial charge >= 0.3 is 0 Å². The van der Waals surface area contributed by atoms with Crippen LogP contribution in [0.5, 0.6) is 11.5 Å². The minimum Gasteiger partial charge on any atom is -0.504 e. The first kappa shape index (κ1) is 34.2. The lowest BCUT2D eigenvalue weighted by atomic mass is 9.69. The Morgan fingerprint density at radius 2 is 1.90 bits per heavy atom. The lowest BCUT2D eigenvalue weighted by Gasteiger charge is -2.60. The van der Waals surface area contributed by atoms with Gasteiger partial charge in [-0.15, -0.1) is 0 Å². The number of benzene rings is 2. The summed E-state index contributed by atoms with van der Waals surface area (Å²) in [5, 5.41) is 25.3. The van der Waals surface area contributed by atoms with Crippen LogP contribution in [0.4, 0.5) is 5.69 Å². The van der Waals surface area contributed by atoms with Gasteiger partial charge in [0, 0.05) is 46.6 Å². The zero-order valence-corrected chi connectivity index (χ0v) is 29.1. The second-order valence-electron chi connectivity index (χ2n) is 12.8. The molecule has 3 heterocycles. The molecule has 49 heavy (non-hydrogen) atoms. The lowest BCUT2D eigenvalue weighted by Crippen LogP contribution is -2.71. The number of nitrogens with one attached hydrogen (secondary N) is 2. The zero-order valence-electron chi connectivity index (χ0n) is 28.3. The number of carbonyl (C=O) groups excluding carboxylic acids is 3. The number of carbonyl (C=O) groups is 3. The predicted octanol–water partition coefficient (Wildman–Crippen LogP) is 3.62. The number of ether oxygens (including phenoxy) is 2. The quantitative estimate of drug-likeness (QED) is 0.154. The van der Waals surface area contributed by atoms with Crippen molar-refractivity contribution in [1.82, 2.24) is 15.1 Å². The number of hydrogen-bond donors (Lipinski definition) is 3. The topological polar surface area (TPSA) is 157 Å². The van der Waals surface area contributed by atoms with Crippen molar-refractivity contribution >= 4 is 40.7 Å². The number of phenolic OH excluding ortho intramolecular Hbond substituents is 1. The number of aliphatic imine (C=N–C) groups is 1.